The molecule has 1 aromatic carbocycles. The van der Waals surface area contributed by atoms with Crippen LogP contribution >= 0.6 is 0 Å². The molecule has 1 rings (SSSR count). The molecule has 0 aliphatic heterocycles. The first-order chi connectivity index (χ1) is 11.8. The molecule has 0 heterocycles. The normalized spacial score (nSPS) is 12.7. The number of hydrogen-bond acceptors (Lipinski definition) is 2. The second kappa shape index (κ2) is 8.45. The molecule has 0 saturated heterocycles. The molecule has 0 spiro atoms. The lowest BCUT2D eigenvalue weighted by Crippen LogP contribution is -2.45. The van der Waals surface area contributed by atoms with Crippen LogP contribution in [0.25, 0.3) is 0 Å². The number of nitrogens with two attached hydrogens (primary N) is 1. The minimum absolute atomic E-state index is 0.0763. The van der Waals surface area contributed by atoms with Crippen molar-refractivity contribution < 1.29 is 18.4 Å². The molecule has 26 heavy (non-hydrogen) atoms. The predicted octanol–water partition coefficient (Wildman–Crippen LogP) is 2.92. The van der Waals surface area contributed by atoms with Crippen molar-refractivity contribution in [1.29, 1.82) is 0 Å². The van der Waals surface area contributed by atoms with E-state index in [-0.39, 0.29) is 23.4 Å². The topological polar surface area (TPSA) is 72.2 Å². The van der Waals surface area contributed by atoms with Crippen molar-refractivity contribution in [3.8, 4) is 11.5 Å². The Morgan fingerprint density at radius 2 is 1.73 bits per heavy atom. The van der Waals surface area contributed by atoms with Crippen LogP contribution in [0.1, 0.15) is 32.8 Å². The maximum atomic E-state index is 13.2. The van der Waals surface area contributed by atoms with Crippen molar-refractivity contribution in [3.05, 3.63) is 35.4 Å². The van der Waals surface area contributed by atoms with Gasteiger partial charge in [0.2, 0.25) is 11.8 Å². The zero-order chi connectivity index (χ0) is 20.1. The minimum Gasteiger partial charge on any atom is -0.368 e. The number of carbonyl (C=O) groups excluding carboxylic acids is 2. The molecule has 0 bridgehead atoms. The number of rotatable bonds is 5. The highest BCUT2D eigenvalue weighted by Crippen LogP contribution is 2.35. The van der Waals surface area contributed by atoms with Crippen molar-refractivity contribution in [2.24, 2.45) is 5.73 Å². The summed E-state index contributed by atoms with van der Waals surface area (Å²) < 4.78 is 26.4. The van der Waals surface area contributed by atoms with E-state index in [0.717, 1.165) is 18.2 Å². The van der Waals surface area contributed by atoms with E-state index in [1.165, 1.54) is 0 Å². The van der Waals surface area contributed by atoms with Crippen molar-refractivity contribution in [2.45, 2.75) is 57.8 Å². The highest BCUT2D eigenvalue weighted by atomic mass is 28.3. The van der Waals surface area contributed by atoms with Gasteiger partial charge in [0, 0.05) is 12.5 Å². The Hall–Kier alpha value is -2.20. The lowest BCUT2D eigenvalue weighted by Gasteiger charge is -2.31. The molecule has 4 nitrogen and oxygen atoms in total. The van der Waals surface area contributed by atoms with Gasteiger partial charge in [0.15, 0.2) is 0 Å². The van der Waals surface area contributed by atoms with E-state index in [1.54, 1.807) is 0 Å². The maximum Gasteiger partial charge on any atom is 0.240 e. The zero-order valence-electron chi connectivity index (χ0n) is 15.9. The number of amides is 2. The van der Waals surface area contributed by atoms with Gasteiger partial charge in [-0.25, -0.2) is 8.78 Å². The van der Waals surface area contributed by atoms with Gasteiger partial charge in [-0.3, -0.25) is 9.59 Å². The van der Waals surface area contributed by atoms with E-state index < -0.39 is 37.6 Å². The first-order valence-corrected chi connectivity index (χ1v) is 11.4. The van der Waals surface area contributed by atoms with Crippen LogP contribution in [0, 0.1) is 23.1 Å². The Bertz CT molecular complexity index is 726. The molecule has 0 saturated carbocycles. The van der Waals surface area contributed by atoms with Crippen LogP contribution in [-0.2, 0) is 16.0 Å². The fraction of sp³-hybridized carbons (Fsp3) is 0.474. The summed E-state index contributed by atoms with van der Waals surface area (Å²) in [6.45, 7) is 10.6. The fourth-order valence-electron chi connectivity index (χ4n) is 1.93. The van der Waals surface area contributed by atoms with Gasteiger partial charge in [0.25, 0.3) is 0 Å². The van der Waals surface area contributed by atoms with Gasteiger partial charge in [0.1, 0.15) is 25.8 Å². The molecule has 0 radical (unpaired) electrons. The van der Waals surface area contributed by atoms with Crippen LogP contribution in [0.15, 0.2) is 18.2 Å². The number of carbonyl (C=O) groups is 2. The molecule has 7 heteroatoms. The molecule has 1 aromatic rings. The third-order valence-electron chi connectivity index (χ3n) is 4.55. The summed E-state index contributed by atoms with van der Waals surface area (Å²) in [5.74, 6) is 0.200. The number of halogens is 2. The minimum atomic E-state index is -1.83. The second-order valence-electron chi connectivity index (χ2n) is 7.86. The van der Waals surface area contributed by atoms with Crippen LogP contribution in [0.4, 0.5) is 8.78 Å². The number of hydrogen-bond donors (Lipinski definition) is 2. The second-order valence-corrected chi connectivity index (χ2v) is 12.9. The summed E-state index contributed by atoms with van der Waals surface area (Å²) in [5, 5.41) is 2.56. The summed E-state index contributed by atoms with van der Waals surface area (Å²) >= 11 is 0. The largest absolute Gasteiger partial charge is 0.368 e. The maximum absolute atomic E-state index is 13.2. The lowest BCUT2D eigenvalue weighted by molar-refractivity contribution is -0.126. The van der Waals surface area contributed by atoms with Gasteiger partial charge < -0.3 is 11.1 Å². The Balaban J connectivity index is 2.77. The van der Waals surface area contributed by atoms with Gasteiger partial charge in [-0.15, -0.1) is 11.5 Å². The fourth-order valence-corrected chi connectivity index (χ4v) is 2.85. The lowest BCUT2D eigenvalue weighted by atomic mass is 10.1. The average molecular weight is 381 g/mol. The first-order valence-electron chi connectivity index (χ1n) is 8.35. The van der Waals surface area contributed by atoms with Gasteiger partial charge in [-0.1, -0.05) is 33.9 Å². The Kier molecular flexibility index (Phi) is 7.10. The summed E-state index contributed by atoms with van der Waals surface area (Å²) in [7, 11) is -1.83. The van der Waals surface area contributed by atoms with E-state index in [9.17, 15) is 18.4 Å². The third kappa shape index (κ3) is 6.60. The summed E-state index contributed by atoms with van der Waals surface area (Å²) in [5.41, 5.74) is 8.76. The molecule has 0 unspecified atom stereocenters. The van der Waals surface area contributed by atoms with Crippen LogP contribution in [0.3, 0.4) is 0 Å². The smallest absolute Gasteiger partial charge is 0.240 e. The van der Waals surface area contributed by atoms with Crippen LogP contribution in [0.5, 0.6) is 0 Å². The first kappa shape index (κ1) is 21.8. The SMILES string of the molecule is CC(C)(C)[Si](C)(C)C#CC[C@H](NC(=O)Cc1cc(F)cc(F)c1)C(N)=O. The molecular formula is C19H26F2N2O2Si. The summed E-state index contributed by atoms with van der Waals surface area (Å²) in [6.07, 6.45) is -0.154. The van der Waals surface area contributed by atoms with Gasteiger partial charge in [-0.2, -0.15) is 0 Å². The van der Waals surface area contributed by atoms with E-state index in [1.807, 2.05) is 0 Å². The van der Waals surface area contributed by atoms with E-state index in [2.05, 4.69) is 50.6 Å². The third-order valence-corrected chi connectivity index (χ3v) is 9.10. The number of nitrogens with one attached hydrogen (secondary N) is 1. The van der Waals surface area contributed by atoms with Crippen molar-refractivity contribution in [1.82, 2.24) is 5.32 Å². The standard InChI is InChI=1S/C19H26F2N2O2Si/c1-19(2,3)26(4,5)8-6-7-16(18(22)25)23-17(24)11-13-9-14(20)12-15(21)10-13/h9-10,12,16H,7,11H2,1-5H3,(H2,22,25)(H,23,24)/t16-/m0/s1. The summed E-state index contributed by atoms with van der Waals surface area (Å²) in [4.78, 5) is 23.6. The molecule has 0 fully saturated rings. The zero-order valence-corrected chi connectivity index (χ0v) is 16.9. The molecule has 3 N–H and O–H groups in total. The monoisotopic (exact) mass is 380 g/mol. The molecule has 1 atom stereocenters. The van der Waals surface area contributed by atoms with Crippen molar-refractivity contribution in [2.75, 3.05) is 0 Å². The Labute approximate surface area is 154 Å². The Morgan fingerprint density at radius 1 is 1.19 bits per heavy atom. The predicted molar refractivity (Wildman–Crippen MR) is 101 cm³/mol. The number of primary amides is 1. The van der Waals surface area contributed by atoms with Crippen molar-refractivity contribution >= 4 is 19.9 Å². The van der Waals surface area contributed by atoms with E-state index in [0.29, 0.717) is 0 Å². The van der Waals surface area contributed by atoms with Crippen LogP contribution < -0.4 is 11.1 Å². The highest BCUT2D eigenvalue weighted by Gasteiger charge is 2.33. The van der Waals surface area contributed by atoms with E-state index in [4.69, 9.17) is 5.73 Å². The molecule has 0 aromatic heterocycles. The van der Waals surface area contributed by atoms with E-state index >= 15 is 0 Å². The Morgan fingerprint density at radius 3 is 2.19 bits per heavy atom. The van der Waals surface area contributed by atoms with Gasteiger partial charge in [-0.05, 0) is 22.7 Å². The molecule has 2 amide bonds. The molecular weight excluding hydrogens is 354 g/mol. The quantitative estimate of drug-likeness (QED) is 0.609. The summed E-state index contributed by atoms with van der Waals surface area (Å²) in [6, 6.07) is 1.92. The van der Waals surface area contributed by atoms with Gasteiger partial charge in [0.05, 0.1) is 6.42 Å². The van der Waals surface area contributed by atoms with Crippen molar-refractivity contribution in [3.63, 3.8) is 0 Å². The number of benzene rings is 1. The molecule has 0 aliphatic rings. The molecule has 0 aliphatic carbocycles. The van der Waals surface area contributed by atoms with Crippen LogP contribution in [-0.4, -0.2) is 25.9 Å². The van der Waals surface area contributed by atoms with Gasteiger partial charge >= 0.3 is 0 Å². The molecule has 142 valence electrons. The van der Waals surface area contributed by atoms with Crippen LogP contribution in [0.2, 0.25) is 18.1 Å². The highest BCUT2D eigenvalue weighted by molar-refractivity contribution is 6.87. The average Bonchev–Trinajstić information content (AvgIpc) is 2.43.